The average Bonchev–Trinajstić information content (AvgIpc) is 2.47. The van der Waals surface area contributed by atoms with E-state index in [4.69, 9.17) is 5.84 Å². The number of aromatic nitrogens is 2. The Labute approximate surface area is 119 Å². The monoisotopic (exact) mass is 288 g/mol. The Kier molecular flexibility index (Phi) is 4.05. The number of hydrogen-bond donors (Lipinski definition) is 3. The first-order valence-corrected chi connectivity index (χ1v) is 5.88. The molecule has 0 saturated carbocycles. The Morgan fingerprint density at radius 3 is 2.57 bits per heavy atom. The molecule has 108 valence electrons. The number of nitrogens with zero attached hydrogens (tertiary/aromatic N) is 3. The second kappa shape index (κ2) is 5.92. The number of nitro benzene ring substituents is 1. The van der Waals surface area contributed by atoms with Crippen molar-refractivity contribution in [3.63, 3.8) is 0 Å². The Morgan fingerprint density at radius 1 is 1.29 bits per heavy atom. The lowest BCUT2D eigenvalue weighted by atomic mass is 10.2. The van der Waals surface area contributed by atoms with Crippen molar-refractivity contribution in [3.8, 4) is 0 Å². The summed E-state index contributed by atoms with van der Waals surface area (Å²) in [4.78, 5) is 22.2. The summed E-state index contributed by atoms with van der Waals surface area (Å²) in [6, 6.07) is 7.25. The molecule has 1 amide bonds. The largest absolute Gasteiger partial charge is 0.321 e. The van der Waals surface area contributed by atoms with E-state index in [1.54, 1.807) is 6.92 Å². The van der Waals surface area contributed by atoms with Crippen molar-refractivity contribution in [1.29, 1.82) is 0 Å². The Morgan fingerprint density at radius 2 is 2.05 bits per heavy atom. The van der Waals surface area contributed by atoms with Gasteiger partial charge in [-0.25, -0.2) is 5.84 Å². The zero-order valence-corrected chi connectivity index (χ0v) is 11.0. The highest BCUT2D eigenvalue weighted by Crippen LogP contribution is 2.21. The first kappa shape index (κ1) is 14.3. The summed E-state index contributed by atoms with van der Waals surface area (Å²) in [7, 11) is 0. The number of nitro groups is 1. The maximum atomic E-state index is 11.9. The highest BCUT2D eigenvalue weighted by atomic mass is 16.6. The Balaban J connectivity index is 2.15. The van der Waals surface area contributed by atoms with Gasteiger partial charge >= 0.3 is 0 Å². The molecule has 0 aliphatic rings. The Hall–Kier alpha value is -3.07. The number of carbonyl (C=O) groups is 1. The van der Waals surface area contributed by atoms with Crippen LogP contribution in [-0.2, 0) is 0 Å². The lowest BCUT2D eigenvalue weighted by Crippen LogP contribution is -2.16. The number of benzene rings is 1. The van der Waals surface area contributed by atoms with Gasteiger partial charge in [0.1, 0.15) is 0 Å². The topological polar surface area (TPSA) is 136 Å². The van der Waals surface area contributed by atoms with Crippen LogP contribution in [0.15, 0.2) is 30.3 Å². The summed E-state index contributed by atoms with van der Waals surface area (Å²) in [6.45, 7) is 1.59. The molecule has 9 heteroatoms. The van der Waals surface area contributed by atoms with E-state index in [-0.39, 0.29) is 11.4 Å². The number of amides is 1. The van der Waals surface area contributed by atoms with Crippen molar-refractivity contribution in [2.45, 2.75) is 6.92 Å². The molecule has 0 atom stereocenters. The van der Waals surface area contributed by atoms with Gasteiger partial charge in [-0.2, -0.15) is 0 Å². The maximum Gasteiger partial charge on any atom is 0.276 e. The fourth-order valence-electron chi connectivity index (χ4n) is 1.66. The predicted molar refractivity (Wildman–Crippen MR) is 75.6 cm³/mol. The molecule has 0 aliphatic heterocycles. The van der Waals surface area contributed by atoms with Crippen LogP contribution < -0.4 is 16.6 Å². The minimum Gasteiger partial charge on any atom is -0.321 e. The van der Waals surface area contributed by atoms with Gasteiger partial charge in [0.25, 0.3) is 11.6 Å². The van der Waals surface area contributed by atoms with Gasteiger partial charge in [-0.15, -0.1) is 10.2 Å². The third kappa shape index (κ3) is 3.28. The van der Waals surface area contributed by atoms with Crippen LogP contribution in [0.2, 0.25) is 0 Å². The smallest absolute Gasteiger partial charge is 0.276 e. The Bertz CT molecular complexity index is 686. The number of hydrazine groups is 1. The molecule has 0 bridgehead atoms. The number of rotatable bonds is 4. The predicted octanol–water partition coefficient (Wildman–Crippen LogP) is 1.23. The second-order valence-corrected chi connectivity index (χ2v) is 4.16. The van der Waals surface area contributed by atoms with Gasteiger partial charge in [0, 0.05) is 17.3 Å². The molecule has 0 saturated heterocycles. The van der Waals surface area contributed by atoms with Gasteiger partial charge < -0.3 is 10.7 Å². The molecule has 2 rings (SSSR count). The summed E-state index contributed by atoms with van der Waals surface area (Å²) in [5, 5.41) is 20.7. The molecule has 2 aromatic rings. The molecule has 21 heavy (non-hydrogen) atoms. The van der Waals surface area contributed by atoms with E-state index in [1.807, 2.05) is 0 Å². The molecular weight excluding hydrogens is 276 g/mol. The van der Waals surface area contributed by atoms with E-state index >= 15 is 0 Å². The third-order valence-electron chi connectivity index (χ3n) is 2.70. The van der Waals surface area contributed by atoms with E-state index in [2.05, 4.69) is 20.9 Å². The van der Waals surface area contributed by atoms with Crippen LogP contribution in [0.1, 0.15) is 16.1 Å². The summed E-state index contributed by atoms with van der Waals surface area (Å²) in [6.07, 6.45) is 0. The fourth-order valence-corrected chi connectivity index (χ4v) is 1.66. The molecule has 0 radical (unpaired) electrons. The fraction of sp³-hybridized carbons (Fsp3) is 0.0833. The number of nitrogens with one attached hydrogen (secondary N) is 2. The van der Waals surface area contributed by atoms with Crippen LogP contribution in [0, 0.1) is 17.0 Å². The van der Waals surface area contributed by atoms with Crippen LogP contribution in [0.5, 0.6) is 0 Å². The van der Waals surface area contributed by atoms with Crippen molar-refractivity contribution in [2.75, 3.05) is 10.7 Å². The molecule has 1 heterocycles. The van der Waals surface area contributed by atoms with Crippen LogP contribution in [0.25, 0.3) is 0 Å². The number of nitrogens with two attached hydrogens (primary N) is 1. The van der Waals surface area contributed by atoms with Gasteiger partial charge in [-0.05, 0) is 31.2 Å². The van der Waals surface area contributed by atoms with Crippen LogP contribution in [0.4, 0.5) is 17.2 Å². The number of anilines is 2. The van der Waals surface area contributed by atoms with Crippen molar-refractivity contribution in [1.82, 2.24) is 10.2 Å². The second-order valence-electron chi connectivity index (χ2n) is 4.16. The van der Waals surface area contributed by atoms with Crippen molar-refractivity contribution in [3.05, 3.63) is 51.7 Å². The molecule has 1 aromatic heterocycles. The summed E-state index contributed by atoms with van der Waals surface area (Å²) < 4.78 is 0. The normalized spacial score (nSPS) is 10.0. The zero-order valence-electron chi connectivity index (χ0n) is 11.0. The highest BCUT2D eigenvalue weighted by Gasteiger charge is 2.13. The standard InChI is InChI=1S/C12H12N6O3/c1-7-6-8(2-4-10(7)18(20)21)14-12(19)9-3-5-11(15-13)17-16-9/h2-6H,13H2,1H3,(H,14,19)(H,15,17). The van der Waals surface area contributed by atoms with Gasteiger partial charge in [-0.1, -0.05) is 0 Å². The van der Waals surface area contributed by atoms with Gasteiger partial charge in [0.2, 0.25) is 0 Å². The van der Waals surface area contributed by atoms with Gasteiger partial charge in [0.05, 0.1) is 4.92 Å². The van der Waals surface area contributed by atoms with E-state index in [0.29, 0.717) is 17.1 Å². The molecule has 9 nitrogen and oxygen atoms in total. The molecule has 0 aliphatic carbocycles. The van der Waals surface area contributed by atoms with Crippen molar-refractivity contribution in [2.24, 2.45) is 5.84 Å². The molecule has 0 spiro atoms. The summed E-state index contributed by atoms with van der Waals surface area (Å²) in [5.41, 5.74) is 3.28. The highest BCUT2D eigenvalue weighted by molar-refractivity contribution is 6.02. The first-order chi connectivity index (χ1) is 10.0. The third-order valence-corrected chi connectivity index (χ3v) is 2.70. The van der Waals surface area contributed by atoms with Crippen LogP contribution >= 0.6 is 0 Å². The maximum absolute atomic E-state index is 11.9. The molecule has 4 N–H and O–H groups in total. The van der Waals surface area contributed by atoms with Crippen LogP contribution in [-0.4, -0.2) is 21.0 Å². The van der Waals surface area contributed by atoms with Crippen molar-refractivity contribution < 1.29 is 9.72 Å². The quantitative estimate of drug-likeness (QED) is 0.437. The molecule has 0 fully saturated rings. The molecule has 1 aromatic carbocycles. The molecular formula is C12H12N6O3. The number of hydrogen-bond acceptors (Lipinski definition) is 7. The average molecular weight is 288 g/mol. The lowest BCUT2D eigenvalue weighted by molar-refractivity contribution is -0.385. The SMILES string of the molecule is Cc1cc(NC(=O)c2ccc(NN)nn2)ccc1[N+](=O)[O-]. The summed E-state index contributed by atoms with van der Waals surface area (Å²) in [5.74, 6) is 5.01. The van der Waals surface area contributed by atoms with Crippen molar-refractivity contribution >= 4 is 23.1 Å². The first-order valence-electron chi connectivity index (χ1n) is 5.88. The van der Waals surface area contributed by atoms with E-state index < -0.39 is 10.8 Å². The zero-order chi connectivity index (χ0) is 15.4. The minimum atomic E-state index is -0.481. The van der Waals surface area contributed by atoms with Crippen LogP contribution in [0.3, 0.4) is 0 Å². The van der Waals surface area contributed by atoms with E-state index in [1.165, 1.54) is 30.3 Å². The lowest BCUT2D eigenvalue weighted by Gasteiger charge is -2.06. The number of aryl methyl sites for hydroxylation is 1. The van der Waals surface area contributed by atoms with Gasteiger partial charge in [0.15, 0.2) is 11.5 Å². The summed E-state index contributed by atoms with van der Waals surface area (Å²) >= 11 is 0. The number of nitrogen functional groups attached to an aromatic ring is 1. The van der Waals surface area contributed by atoms with E-state index in [9.17, 15) is 14.9 Å². The molecule has 0 unspecified atom stereocenters. The van der Waals surface area contributed by atoms with Gasteiger partial charge in [-0.3, -0.25) is 14.9 Å². The number of carbonyl (C=O) groups excluding carboxylic acids is 1. The minimum absolute atomic E-state index is 0.00818. The van der Waals surface area contributed by atoms with E-state index in [0.717, 1.165) is 0 Å².